The number of nitrogens with zero attached hydrogens (tertiary/aromatic N) is 2. The molecule has 0 saturated heterocycles. The molecule has 3 N–H and O–H groups in total. The Labute approximate surface area is 232 Å². The van der Waals surface area contributed by atoms with Crippen molar-refractivity contribution >= 4 is 17.7 Å². The number of carboxylic acid groups (broad SMARTS) is 1. The lowest BCUT2D eigenvalue weighted by molar-refractivity contribution is -0.142. The van der Waals surface area contributed by atoms with E-state index in [-0.39, 0.29) is 11.3 Å². The quantitative estimate of drug-likeness (QED) is 0.268. The van der Waals surface area contributed by atoms with Crippen LogP contribution in [0.1, 0.15) is 69.5 Å². The number of para-hydroxylation sites is 1. The summed E-state index contributed by atoms with van der Waals surface area (Å²) in [7, 11) is 0. The van der Waals surface area contributed by atoms with E-state index in [1.54, 1.807) is 0 Å². The third kappa shape index (κ3) is 9.24. The summed E-state index contributed by atoms with van der Waals surface area (Å²) in [6.45, 7) is 5.71. The van der Waals surface area contributed by atoms with E-state index in [1.807, 2.05) is 30.3 Å². The lowest BCUT2D eigenvalue weighted by atomic mass is 9.68. The predicted octanol–water partition coefficient (Wildman–Crippen LogP) is 4.68. The van der Waals surface area contributed by atoms with Gasteiger partial charge < -0.3 is 20.5 Å². The number of carboxylic acids is 1. The molecule has 8 heteroatoms. The molecular formula is C31H44N4O4. The van der Waals surface area contributed by atoms with Crippen molar-refractivity contribution in [1.29, 1.82) is 0 Å². The van der Waals surface area contributed by atoms with E-state index in [2.05, 4.69) is 34.6 Å². The van der Waals surface area contributed by atoms with Gasteiger partial charge >= 0.3 is 5.97 Å². The van der Waals surface area contributed by atoms with Gasteiger partial charge in [-0.25, -0.2) is 9.78 Å². The highest BCUT2D eigenvalue weighted by Crippen LogP contribution is 2.43. The number of fused-ring (bicyclic) bond motifs is 1. The van der Waals surface area contributed by atoms with Gasteiger partial charge in [0.15, 0.2) is 0 Å². The number of nitrogens with one attached hydrogen (secondary N) is 2. The Hall–Kier alpha value is -3.13. The predicted molar refractivity (Wildman–Crippen MR) is 153 cm³/mol. The van der Waals surface area contributed by atoms with Crippen LogP contribution in [-0.2, 0) is 22.4 Å². The zero-order chi connectivity index (χ0) is 27.5. The van der Waals surface area contributed by atoms with Crippen LogP contribution in [0.3, 0.4) is 0 Å². The van der Waals surface area contributed by atoms with Crippen LogP contribution >= 0.6 is 0 Å². The van der Waals surface area contributed by atoms with Gasteiger partial charge in [-0.05, 0) is 87.1 Å². The summed E-state index contributed by atoms with van der Waals surface area (Å²) in [5.41, 5.74) is 2.43. The molecule has 2 aromatic rings. The second-order valence-electron chi connectivity index (χ2n) is 11.4. The standard InChI is InChI=1S/C31H44N4O4/c1-31(16-8-17-31)23-28(36)34-27(30(37)38)15-20-35(21-22-39-26-11-3-2-4-12-26)19-6-5-10-25-14-13-24-9-7-18-32-29(24)33-25/h2-4,11-14,27H,5-10,15-23H2,1H3,(H,32,33)(H,34,36)(H,37,38). The van der Waals surface area contributed by atoms with E-state index in [0.717, 1.165) is 81.7 Å². The zero-order valence-electron chi connectivity index (χ0n) is 23.3. The highest BCUT2D eigenvalue weighted by molar-refractivity contribution is 5.83. The molecule has 0 bridgehead atoms. The molecule has 1 amide bonds. The monoisotopic (exact) mass is 536 g/mol. The first kappa shape index (κ1) is 28.9. The van der Waals surface area contributed by atoms with Gasteiger partial charge in [0, 0.05) is 31.7 Å². The van der Waals surface area contributed by atoms with Gasteiger partial charge in [-0.15, -0.1) is 0 Å². The van der Waals surface area contributed by atoms with E-state index in [9.17, 15) is 14.7 Å². The molecule has 2 heterocycles. The van der Waals surface area contributed by atoms with E-state index in [4.69, 9.17) is 9.72 Å². The first-order valence-electron chi connectivity index (χ1n) is 14.6. The Morgan fingerprint density at radius 2 is 1.92 bits per heavy atom. The normalized spacial score (nSPS) is 16.5. The fraction of sp³-hybridized carbons (Fsp3) is 0.581. The number of pyridine rings is 1. The molecule has 1 atom stereocenters. The maximum Gasteiger partial charge on any atom is 0.326 e. The molecule has 1 unspecified atom stereocenters. The van der Waals surface area contributed by atoms with Crippen molar-refractivity contribution in [3.8, 4) is 5.75 Å². The summed E-state index contributed by atoms with van der Waals surface area (Å²) in [5, 5.41) is 16.0. The Morgan fingerprint density at radius 3 is 2.67 bits per heavy atom. The number of unbranched alkanes of at least 4 members (excludes halogenated alkanes) is 1. The number of ether oxygens (including phenoxy) is 1. The van der Waals surface area contributed by atoms with Crippen LogP contribution in [0.5, 0.6) is 5.75 Å². The van der Waals surface area contributed by atoms with Crippen molar-refractivity contribution in [2.45, 2.75) is 77.2 Å². The van der Waals surface area contributed by atoms with Crippen LogP contribution in [0.15, 0.2) is 42.5 Å². The van der Waals surface area contributed by atoms with Crippen molar-refractivity contribution in [3.63, 3.8) is 0 Å². The number of aryl methyl sites for hydroxylation is 2. The number of carbonyl (C=O) groups is 2. The van der Waals surface area contributed by atoms with Crippen molar-refractivity contribution < 1.29 is 19.4 Å². The third-order valence-electron chi connectivity index (χ3n) is 8.04. The summed E-state index contributed by atoms with van der Waals surface area (Å²) in [4.78, 5) is 31.6. The summed E-state index contributed by atoms with van der Waals surface area (Å²) in [5.74, 6) is 0.724. The van der Waals surface area contributed by atoms with Gasteiger partial charge in [-0.3, -0.25) is 9.69 Å². The highest BCUT2D eigenvalue weighted by Gasteiger charge is 2.35. The fourth-order valence-corrected chi connectivity index (χ4v) is 5.45. The molecule has 2 aliphatic rings. The summed E-state index contributed by atoms with van der Waals surface area (Å²) in [6, 6.07) is 13.2. The van der Waals surface area contributed by atoms with Crippen molar-refractivity contribution in [2.24, 2.45) is 5.41 Å². The van der Waals surface area contributed by atoms with Gasteiger partial charge in [0.05, 0.1) is 0 Å². The largest absolute Gasteiger partial charge is 0.492 e. The Kier molecular flexibility index (Phi) is 10.6. The number of benzene rings is 1. The molecule has 1 aliphatic heterocycles. The molecule has 1 fully saturated rings. The highest BCUT2D eigenvalue weighted by atomic mass is 16.5. The summed E-state index contributed by atoms with van der Waals surface area (Å²) in [6.07, 6.45) is 9.10. The molecule has 39 heavy (non-hydrogen) atoms. The average molecular weight is 537 g/mol. The van der Waals surface area contributed by atoms with Gasteiger partial charge in [-0.1, -0.05) is 37.6 Å². The van der Waals surface area contributed by atoms with Gasteiger partial charge in [0.25, 0.3) is 0 Å². The minimum absolute atomic E-state index is 0.0247. The minimum Gasteiger partial charge on any atom is -0.492 e. The van der Waals surface area contributed by atoms with Gasteiger partial charge in [0.2, 0.25) is 5.91 Å². The lowest BCUT2D eigenvalue weighted by Gasteiger charge is -2.38. The molecule has 0 radical (unpaired) electrons. The molecule has 8 nitrogen and oxygen atoms in total. The number of rotatable bonds is 16. The smallest absolute Gasteiger partial charge is 0.326 e. The van der Waals surface area contributed by atoms with Crippen molar-refractivity contribution in [1.82, 2.24) is 15.2 Å². The van der Waals surface area contributed by atoms with E-state index in [0.29, 0.717) is 32.5 Å². The van der Waals surface area contributed by atoms with E-state index < -0.39 is 12.0 Å². The van der Waals surface area contributed by atoms with E-state index >= 15 is 0 Å². The molecule has 1 aromatic carbocycles. The third-order valence-corrected chi connectivity index (χ3v) is 8.04. The summed E-state index contributed by atoms with van der Waals surface area (Å²) < 4.78 is 5.91. The van der Waals surface area contributed by atoms with Crippen LogP contribution in [-0.4, -0.2) is 65.7 Å². The van der Waals surface area contributed by atoms with Crippen LogP contribution in [0.4, 0.5) is 5.82 Å². The van der Waals surface area contributed by atoms with Crippen LogP contribution < -0.4 is 15.4 Å². The molecule has 1 saturated carbocycles. The number of aliphatic carboxylic acids is 1. The summed E-state index contributed by atoms with van der Waals surface area (Å²) >= 11 is 0. The SMILES string of the molecule is CC1(CC(=O)NC(CCN(CCCCc2ccc3c(n2)NCCC3)CCOc2ccccc2)C(=O)O)CCC1. The molecular weight excluding hydrogens is 492 g/mol. The lowest BCUT2D eigenvalue weighted by Crippen LogP contribution is -2.45. The Balaban J connectivity index is 1.26. The second kappa shape index (κ2) is 14.3. The van der Waals surface area contributed by atoms with Gasteiger partial charge in [-0.2, -0.15) is 0 Å². The van der Waals surface area contributed by atoms with Crippen LogP contribution in [0.25, 0.3) is 0 Å². The maximum atomic E-state index is 12.6. The zero-order valence-corrected chi connectivity index (χ0v) is 23.3. The first-order chi connectivity index (χ1) is 18.9. The number of hydrogen-bond donors (Lipinski definition) is 3. The number of carbonyl (C=O) groups excluding carboxylic acids is 1. The molecule has 1 aliphatic carbocycles. The molecule has 0 spiro atoms. The average Bonchev–Trinajstić information content (AvgIpc) is 2.92. The number of amides is 1. The molecule has 212 valence electrons. The number of aromatic nitrogens is 1. The number of anilines is 1. The topological polar surface area (TPSA) is 104 Å². The van der Waals surface area contributed by atoms with Gasteiger partial charge in [0.1, 0.15) is 24.2 Å². The Morgan fingerprint density at radius 1 is 1.10 bits per heavy atom. The minimum atomic E-state index is -0.977. The van der Waals surface area contributed by atoms with Crippen molar-refractivity contribution in [2.75, 3.05) is 38.1 Å². The first-order valence-corrected chi connectivity index (χ1v) is 14.6. The molecule has 1 aromatic heterocycles. The Bertz CT molecular complexity index is 1070. The fourth-order valence-electron chi connectivity index (χ4n) is 5.45. The van der Waals surface area contributed by atoms with Crippen LogP contribution in [0.2, 0.25) is 0 Å². The van der Waals surface area contributed by atoms with Crippen LogP contribution in [0, 0.1) is 5.41 Å². The van der Waals surface area contributed by atoms with Crippen molar-refractivity contribution in [3.05, 3.63) is 53.7 Å². The maximum absolute atomic E-state index is 12.6. The second-order valence-corrected chi connectivity index (χ2v) is 11.4. The number of hydrogen-bond acceptors (Lipinski definition) is 6. The van der Waals surface area contributed by atoms with E-state index in [1.165, 1.54) is 5.56 Å². The molecule has 4 rings (SSSR count).